The van der Waals surface area contributed by atoms with Crippen molar-refractivity contribution in [1.82, 2.24) is 0 Å². The molecule has 27 heavy (non-hydrogen) atoms. The molecule has 0 bridgehead atoms. The van der Waals surface area contributed by atoms with Crippen LogP contribution in [0.25, 0.3) is 11.1 Å². The third-order valence-electron chi connectivity index (χ3n) is 5.21. The summed E-state index contributed by atoms with van der Waals surface area (Å²) in [5.41, 5.74) is 7.81. The highest BCUT2D eigenvalue weighted by Gasteiger charge is 2.46. The summed E-state index contributed by atoms with van der Waals surface area (Å²) in [5.74, 6) is 0. The zero-order valence-electron chi connectivity index (χ0n) is 14.5. The van der Waals surface area contributed by atoms with Crippen LogP contribution in [0.4, 0.5) is 0 Å². The molecular formula is C25H16I2. The Kier molecular flexibility index (Phi) is 4.66. The molecule has 0 nitrogen and oxygen atoms in total. The fraction of sp³-hybridized carbons (Fsp3) is 0.0400. The molecular weight excluding hydrogens is 554 g/mol. The van der Waals surface area contributed by atoms with Gasteiger partial charge in [-0.15, -0.1) is 0 Å². The van der Waals surface area contributed by atoms with Crippen LogP contribution in [0.15, 0.2) is 104 Å². The summed E-state index contributed by atoms with van der Waals surface area (Å²) in [7, 11) is 0. The molecule has 0 N–H and O–H groups in total. The molecule has 2 aromatic carbocycles. The van der Waals surface area contributed by atoms with Gasteiger partial charge in [0, 0.05) is 0 Å². The van der Waals surface area contributed by atoms with Crippen molar-refractivity contribution in [3.05, 3.63) is 115 Å². The van der Waals surface area contributed by atoms with Crippen LogP contribution < -0.4 is 0 Å². The molecule has 0 fully saturated rings. The molecule has 0 saturated heterocycles. The van der Waals surface area contributed by atoms with E-state index in [0.717, 1.165) is 0 Å². The van der Waals surface area contributed by atoms with Crippen molar-refractivity contribution < 1.29 is 0 Å². The SMILES string of the molecule is C1=CC=C(C2(C3=CC=C=IC=C3)c3ccccc3-c3ccccc32)C=CI=1. The molecule has 2 heterocycles. The van der Waals surface area contributed by atoms with Gasteiger partial charge in [0.25, 0.3) is 0 Å². The molecule has 0 atom stereocenters. The van der Waals surface area contributed by atoms with Crippen molar-refractivity contribution in [1.29, 1.82) is 0 Å². The number of allylic oxidation sites excluding steroid dienone is 8. The van der Waals surface area contributed by atoms with Gasteiger partial charge in [-0.3, -0.25) is 0 Å². The Hall–Kier alpha value is -1.84. The third kappa shape index (κ3) is 2.71. The summed E-state index contributed by atoms with van der Waals surface area (Å²) in [6.45, 7) is 0. The van der Waals surface area contributed by atoms with Gasteiger partial charge in [-0.25, -0.2) is 0 Å². The molecule has 1 aliphatic carbocycles. The quantitative estimate of drug-likeness (QED) is 0.352. The van der Waals surface area contributed by atoms with Gasteiger partial charge < -0.3 is 0 Å². The van der Waals surface area contributed by atoms with E-state index in [0.29, 0.717) is 0 Å². The van der Waals surface area contributed by atoms with Crippen LogP contribution >= 0.6 is 41.5 Å². The normalized spacial score (nSPS) is 18.4. The molecule has 0 aromatic heterocycles. The Morgan fingerprint density at radius 2 is 1.11 bits per heavy atom. The van der Waals surface area contributed by atoms with Gasteiger partial charge in [0.15, 0.2) is 0 Å². The zero-order valence-corrected chi connectivity index (χ0v) is 18.8. The van der Waals surface area contributed by atoms with E-state index in [4.69, 9.17) is 0 Å². The zero-order chi connectivity index (χ0) is 18.1. The van der Waals surface area contributed by atoms with Crippen LogP contribution in [0.1, 0.15) is 11.1 Å². The fourth-order valence-electron chi connectivity index (χ4n) is 4.22. The maximum absolute atomic E-state index is 3.45. The maximum atomic E-state index is 3.45. The third-order valence-corrected chi connectivity index (χ3v) is 8.08. The number of hydrogen-bond acceptors (Lipinski definition) is 0. The van der Waals surface area contributed by atoms with E-state index in [2.05, 4.69) is 100 Å². The fourth-order valence-corrected chi connectivity index (χ4v) is 6.55. The molecule has 2 aliphatic heterocycles. The van der Waals surface area contributed by atoms with Crippen molar-refractivity contribution in [3.8, 4) is 11.1 Å². The molecule has 2 aromatic rings. The second kappa shape index (κ2) is 7.29. The lowest BCUT2D eigenvalue weighted by molar-refractivity contribution is 0.767. The van der Waals surface area contributed by atoms with E-state index in [9.17, 15) is 0 Å². The van der Waals surface area contributed by atoms with Crippen molar-refractivity contribution in [2.75, 3.05) is 0 Å². The lowest BCUT2D eigenvalue weighted by Gasteiger charge is -2.35. The van der Waals surface area contributed by atoms with Crippen molar-refractivity contribution >= 4 is 48.8 Å². The number of rotatable bonds is 2. The lowest BCUT2D eigenvalue weighted by Crippen LogP contribution is -2.29. The molecule has 5 rings (SSSR count). The summed E-state index contributed by atoms with van der Waals surface area (Å²) in [6.07, 6.45) is 13.5. The summed E-state index contributed by atoms with van der Waals surface area (Å²) in [5, 5.41) is 0. The number of halogens is 2. The highest BCUT2D eigenvalue weighted by molar-refractivity contribution is 14.2. The molecule has 0 unspecified atom stereocenters. The van der Waals surface area contributed by atoms with E-state index in [1.165, 1.54) is 33.4 Å². The second-order valence-electron chi connectivity index (χ2n) is 6.44. The smallest absolute Gasteiger partial charge is 0.0714 e. The Morgan fingerprint density at radius 1 is 0.630 bits per heavy atom. The summed E-state index contributed by atoms with van der Waals surface area (Å²) >= 11 is -0.259. The molecule has 130 valence electrons. The van der Waals surface area contributed by atoms with Gasteiger partial charge >= 0.3 is 0 Å². The first kappa shape index (κ1) is 17.3. The van der Waals surface area contributed by atoms with Crippen molar-refractivity contribution in [3.63, 3.8) is 0 Å². The minimum atomic E-state index is -0.279. The summed E-state index contributed by atoms with van der Waals surface area (Å²) in [6, 6.07) is 17.8. The Balaban J connectivity index is 1.93. The first-order valence-corrected chi connectivity index (χ1v) is 13.4. The van der Waals surface area contributed by atoms with Gasteiger partial charge in [0.2, 0.25) is 0 Å². The van der Waals surface area contributed by atoms with Crippen molar-refractivity contribution in [2.24, 2.45) is 0 Å². The molecule has 0 saturated carbocycles. The summed E-state index contributed by atoms with van der Waals surface area (Å²) in [4.78, 5) is 0. The van der Waals surface area contributed by atoms with Crippen LogP contribution in [0, 0.1) is 0 Å². The van der Waals surface area contributed by atoms with Crippen LogP contribution in [0.3, 0.4) is 0 Å². The largest absolute Gasteiger partial charge is 0.0825 e. The lowest BCUT2D eigenvalue weighted by atomic mass is 9.66. The molecule has 0 amide bonds. The van der Waals surface area contributed by atoms with E-state index in [-0.39, 0.29) is 46.9 Å². The average molecular weight is 570 g/mol. The minimum absolute atomic E-state index is 0.129. The maximum Gasteiger partial charge on any atom is 0.0714 e. The number of fused-ring (bicyclic) bond motifs is 3. The van der Waals surface area contributed by atoms with Crippen LogP contribution in [-0.4, -0.2) is 7.33 Å². The van der Waals surface area contributed by atoms with Gasteiger partial charge in [0.1, 0.15) is 0 Å². The molecule has 3 aliphatic rings. The standard InChI is InChI=1S/C25H16I2/c1-3-11-23-21(9-1)22-10-2-4-12-24(22)25(23,19-7-5-15-26-17-13-19)20-8-6-16-27-18-14-20/h1-14,17-18H. The number of hydrogen-bond donors (Lipinski definition) is 0. The second-order valence-corrected chi connectivity index (χ2v) is 10.4. The van der Waals surface area contributed by atoms with Crippen molar-refractivity contribution in [2.45, 2.75) is 5.41 Å². The Morgan fingerprint density at radius 3 is 1.63 bits per heavy atom. The van der Waals surface area contributed by atoms with Crippen LogP contribution in [0.2, 0.25) is 0 Å². The summed E-state index contributed by atoms with van der Waals surface area (Å²) < 4.78 is 11.6. The minimum Gasteiger partial charge on any atom is -0.0825 e. The van der Waals surface area contributed by atoms with Gasteiger partial charge in [-0.05, 0) is 107 Å². The highest BCUT2D eigenvalue weighted by Crippen LogP contribution is 2.57. The first-order valence-electron chi connectivity index (χ1n) is 8.78. The first-order chi connectivity index (χ1) is 13.4. The monoisotopic (exact) mass is 570 g/mol. The topological polar surface area (TPSA) is 0 Å². The number of benzene rings is 2. The van der Waals surface area contributed by atoms with Gasteiger partial charge in [-0.1, -0.05) is 68.0 Å². The molecule has 0 spiro atoms. The van der Waals surface area contributed by atoms with E-state index >= 15 is 0 Å². The van der Waals surface area contributed by atoms with Crippen LogP contribution in [0.5, 0.6) is 0 Å². The van der Waals surface area contributed by atoms with E-state index in [1.54, 1.807) is 0 Å². The highest BCUT2D eigenvalue weighted by atomic mass is 127. The average Bonchev–Trinajstić information content (AvgIpc) is 3.01. The Labute approximate surface area is 179 Å². The molecule has 2 heteroatoms. The van der Waals surface area contributed by atoms with E-state index < -0.39 is 0 Å². The van der Waals surface area contributed by atoms with Gasteiger partial charge in [0.05, 0.1) is 5.41 Å². The van der Waals surface area contributed by atoms with Gasteiger partial charge in [-0.2, -0.15) is 0 Å². The predicted octanol–water partition coefficient (Wildman–Crippen LogP) is 6.72. The van der Waals surface area contributed by atoms with E-state index in [1.807, 2.05) is 0 Å². The Bertz CT molecular complexity index is 1090. The predicted molar refractivity (Wildman–Crippen MR) is 134 cm³/mol. The molecule has 0 radical (unpaired) electrons. The van der Waals surface area contributed by atoms with Crippen LogP contribution in [-0.2, 0) is 5.41 Å².